The molecule has 0 radical (unpaired) electrons. The van der Waals surface area contributed by atoms with Gasteiger partial charge in [0.05, 0.1) is 12.1 Å². The van der Waals surface area contributed by atoms with Crippen molar-refractivity contribution in [1.82, 2.24) is 10.6 Å². The molecule has 3 aromatic carbocycles. The lowest BCUT2D eigenvalue weighted by molar-refractivity contribution is -0.135. The second-order valence-electron chi connectivity index (χ2n) is 16.1. The van der Waals surface area contributed by atoms with Crippen LogP contribution in [0.1, 0.15) is 96.3 Å². The molecule has 4 rings (SSSR count). The summed E-state index contributed by atoms with van der Waals surface area (Å²) in [5, 5.41) is 6.87. The van der Waals surface area contributed by atoms with Crippen molar-refractivity contribution < 1.29 is 19.2 Å². The van der Waals surface area contributed by atoms with Crippen molar-refractivity contribution in [2.24, 2.45) is 29.1 Å². The predicted molar refractivity (Wildman–Crippen MR) is 219 cm³/mol. The van der Waals surface area contributed by atoms with Crippen LogP contribution in [0.4, 0.5) is 0 Å². The number of hydrogen-bond donors (Lipinski definition) is 2. The number of carbonyl (C=O) groups excluding carboxylic acids is 4. The Kier molecular flexibility index (Phi) is 16.0. The number of hydrogen-bond acceptors (Lipinski definition) is 5. The maximum Gasteiger partial charge on any atom is 0.224 e. The largest absolute Gasteiger partial charge is 0.346 e. The van der Waals surface area contributed by atoms with E-state index in [9.17, 15) is 19.2 Å². The van der Waals surface area contributed by atoms with E-state index in [1.165, 1.54) is 0 Å². The normalized spacial score (nSPS) is 15.6. The Morgan fingerprint density at radius 2 is 1.23 bits per heavy atom. The van der Waals surface area contributed by atoms with Gasteiger partial charge in [0.2, 0.25) is 11.8 Å². The minimum Gasteiger partial charge on any atom is -0.346 e. The molecule has 1 fully saturated rings. The highest BCUT2D eigenvalue weighted by atomic mass is 35.5. The van der Waals surface area contributed by atoms with Gasteiger partial charge in [-0.05, 0) is 96.9 Å². The average molecular weight is 757 g/mol. The Morgan fingerprint density at radius 3 is 1.79 bits per heavy atom. The van der Waals surface area contributed by atoms with E-state index in [-0.39, 0.29) is 41.6 Å². The van der Waals surface area contributed by atoms with Gasteiger partial charge in [-0.1, -0.05) is 131 Å². The SMILES string of the molecule is CC(C)CC(NC(=O)C(CC(=O)[C@H](CC(C)C)NC(=O)[C@H](CCc1ccccc1)CC(=S)Cc1ccc(Cl)cc1)Cc1ccccc1)C(=O)C1(C)CC1. The van der Waals surface area contributed by atoms with Crippen molar-refractivity contribution in [2.75, 3.05) is 0 Å². The number of aryl methyl sites for hydroxylation is 1. The van der Waals surface area contributed by atoms with Gasteiger partial charge >= 0.3 is 0 Å². The average Bonchev–Trinajstić information content (AvgIpc) is 3.88. The van der Waals surface area contributed by atoms with Crippen molar-refractivity contribution in [1.29, 1.82) is 0 Å². The number of rotatable bonds is 22. The maximum atomic E-state index is 14.3. The lowest BCUT2D eigenvalue weighted by Crippen LogP contribution is -2.49. The van der Waals surface area contributed by atoms with Crippen molar-refractivity contribution in [3.63, 3.8) is 0 Å². The van der Waals surface area contributed by atoms with Crippen LogP contribution in [-0.2, 0) is 38.4 Å². The summed E-state index contributed by atoms with van der Waals surface area (Å²) in [4.78, 5) is 56.8. The van der Waals surface area contributed by atoms with Crippen molar-refractivity contribution in [3.8, 4) is 0 Å². The fourth-order valence-electron chi connectivity index (χ4n) is 6.91. The molecule has 1 aliphatic carbocycles. The second kappa shape index (κ2) is 20.1. The van der Waals surface area contributed by atoms with Crippen LogP contribution in [0.5, 0.6) is 0 Å². The van der Waals surface area contributed by atoms with Gasteiger partial charge < -0.3 is 10.6 Å². The Morgan fingerprint density at radius 1 is 0.698 bits per heavy atom. The molecule has 6 nitrogen and oxygen atoms in total. The molecule has 0 aliphatic heterocycles. The third kappa shape index (κ3) is 13.9. The number of thiocarbonyl (C=S) groups is 1. The molecule has 0 spiro atoms. The van der Waals surface area contributed by atoms with E-state index >= 15 is 0 Å². The Labute approximate surface area is 327 Å². The van der Waals surface area contributed by atoms with Gasteiger partial charge in [-0.3, -0.25) is 19.2 Å². The first-order valence-corrected chi connectivity index (χ1v) is 20.0. The van der Waals surface area contributed by atoms with Crippen molar-refractivity contribution in [2.45, 2.75) is 111 Å². The van der Waals surface area contributed by atoms with E-state index < -0.39 is 29.3 Å². The lowest BCUT2D eigenvalue weighted by Gasteiger charge is -2.27. The molecule has 0 saturated heterocycles. The molecule has 2 amide bonds. The molecule has 0 bridgehead atoms. The summed E-state index contributed by atoms with van der Waals surface area (Å²) in [5.41, 5.74) is 2.70. The summed E-state index contributed by atoms with van der Waals surface area (Å²) in [6, 6.07) is 25.9. The standard InChI is InChI=1S/C45H57ClN2O4S/c1-30(2)24-39(47-43(51)35(19-16-32-12-8-6-9-13-32)28-38(53)27-34-17-20-37(46)21-18-34)41(49)29-36(26-33-14-10-7-11-15-33)44(52)48-40(25-31(3)4)42(50)45(5)22-23-45/h6-15,17-18,20-21,30-31,35-36,39-40H,16,19,22-29H2,1-5H3,(H,47,51)(H,48,52)/t35-,36?,39+,40?/m1/s1. The first-order valence-electron chi connectivity index (χ1n) is 19.2. The fraction of sp³-hybridized carbons (Fsp3) is 0.489. The predicted octanol–water partition coefficient (Wildman–Crippen LogP) is 9.14. The molecule has 2 N–H and O–H groups in total. The lowest BCUT2D eigenvalue weighted by atomic mass is 9.87. The summed E-state index contributed by atoms with van der Waals surface area (Å²) >= 11 is 11.9. The van der Waals surface area contributed by atoms with Gasteiger partial charge in [0, 0.05) is 35.1 Å². The summed E-state index contributed by atoms with van der Waals surface area (Å²) in [5.74, 6) is -1.43. The molecule has 8 heteroatoms. The highest BCUT2D eigenvalue weighted by molar-refractivity contribution is 7.80. The highest BCUT2D eigenvalue weighted by Crippen LogP contribution is 2.47. The first-order chi connectivity index (χ1) is 25.2. The van der Waals surface area contributed by atoms with E-state index in [1.54, 1.807) is 0 Å². The van der Waals surface area contributed by atoms with Crippen LogP contribution in [0.3, 0.4) is 0 Å². The third-order valence-electron chi connectivity index (χ3n) is 10.3. The Balaban J connectivity index is 1.53. The number of halogens is 1. The molecule has 1 saturated carbocycles. The van der Waals surface area contributed by atoms with Gasteiger partial charge in [-0.25, -0.2) is 0 Å². The number of carbonyl (C=O) groups is 4. The van der Waals surface area contributed by atoms with Gasteiger partial charge in [0.25, 0.3) is 0 Å². The highest BCUT2D eigenvalue weighted by Gasteiger charge is 2.48. The fourth-order valence-corrected chi connectivity index (χ4v) is 7.40. The molecule has 4 atom stereocenters. The summed E-state index contributed by atoms with van der Waals surface area (Å²) in [6.07, 6.45) is 5.16. The summed E-state index contributed by atoms with van der Waals surface area (Å²) < 4.78 is 0. The van der Waals surface area contributed by atoms with Gasteiger partial charge in [-0.15, -0.1) is 0 Å². The number of nitrogens with one attached hydrogen (secondary N) is 2. The molecule has 1 aliphatic rings. The second-order valence-corrected chi connectivity index (χ2v) is 17.1. The van der Waals surface area contributed by atoms with Crippen LogP contribution in [0, 0.1) is 29.1 Å². The number of benzene rings is 3. The van der Waals surface area contributed by atoms with E-state index in [2.05, 4.69) is 10.6 Å². The molecular formula is C45H57ClN2O4S. The minimum atomic E-state index is -0.767. The zero-order chi connectivity index (χ0) is 38.5. The van der Waals surface area contributed by atoms with Crippen LogP contribution >= 0.6 is 23.8 Å². The minimum absolute atomic E-state index is 0.0537. The van der Waals surface area contributed by atoms with E-state index in [0.29, 0.717) is 50.0 Å². The smallest absolute Gasteiger partial charge is 0.224 e. The molecular weight excluding hydrogens is 700 g/mol. The molecule has 0 heterocycles. The number of ketones is 2. The Hall–Kier alpha value is -3.68. The summed E-state index contributed by atoms with van der Waals surface area (Å²) in [7, 11) is 0. The molecule has 53 heavy (non-hydrogen) atoms. The quantitative estimate of drug-likeness (QED) is 0.0999. The van der Waals surface area contributed by atoms with E-state index in [0.717, 1.165) is 34.4 Å². The third-order valence-corrected chi connectivity index (χ3v) is 10.8. The van der Waals surface area contributed by atoms with Gasteiger partial charge in [-0.2, -0.15) is 0 Å². The van der Waals surface area contributed by atoms with Crippen LogP contribution in [0.2, 0.25) is 5.02 Å². The monoisotopic (exact) mass is 756 g/mol. The zero-order valence-electron chi connectivity index (χ0n) is 32.0. The van der Waals surface area contributed by atoms with Gasteiger partial charge in [0.1, 0.15) is 0 Å². The van der Waals surface area contributed by atoms with Crippen LogP contribution in [0.15, 0.2) is 84.9 Å². The van der Waals surface area contributed by atoms with E-state index in [1.807, 2.05) is 120 Å². The number of Topliss-reactive ketones (excluding diaryl/α,β-unsaturated/α-hetero) is 2. The maximum absolute atomic E-state index is 14.3. The van der Waals surface area contributed by atoms with Gasteiger partial charge in [0.15, 0.2) is 11.6 Å². The van der Waals surface area contributed by atoms with Crippen molar-refractivity contribution in [3.05, 3.63) is 107 Å². The molecule has 3 aromatic rings. The van der Waals surface area contributed by atoms with E-state index in [4.69, 9.17) is 23.8 Å². The Bertz CT molecular complexity index is 1670. The topological polar surface area (TPSA) is 92.3 Å². The van der Waals surface area contributed by atoms with Crippen LogP contribution in [-0.4, -0.2) is 40.3 Å². The molecule has 0 aromatic heterocycles. The van der Waals surface area contributed by atoms with Crippen LogP contribution in [0.25, 0.3) is 0 Å². The number of amides is 2. The van der Waals surface area contributed by atoms with Crippen LogP contribution < -0.4 is 10.6 Å². The summed E-state index contributed by atoms with van der Waals surface area (Å²) in [6.45, 7) is 10.1. The van der Waals surface area contributed by atoms with Crippen molar-refractivity contribution >= 4 is 52.1 Å². The molecule has 284 valence electrons. The zero-order valence-corrected chi connectivity index (χ0v) is 33.6. The molecule has 2 unspecified atom stereocenters. The first kappa shape index (κ1) is 42.1.